The van der Waals surface area contributed by atoms with Crippen molar-refractivity contribution in [2.75, 3.05) is 13.7 Å². The van der Waals surface area contributed by atoms with E-state index in [1.54, 1.807) is 7.11 Å². The van der Waals surface area contributed by atoms with E-state index in [1.807, 2.05) is 6.07 Å². The van der Waals surface area contributed by atoms with Gasteiger partial charge in [0.2, 0.25) is 0 Å². The summed E-state index contributed by atoms with van der Waals surface area (Å²) >= 11 is 0. The van der Waals surface area contributed by atoms with Crippen LogP contribution in [0.5, 0.6) is 11.5 Å². The molecule has 0 atom stereocenters. The first kappa shape index (κ1) is 17.8. The van der Waals surface area contributed by atoms with Crippen LogP contribution in [0.2, 0.25) is 0 Å². The Hall–Kier alpha value is -1.22. The van der Waals surface area contributed by atoms with E-state index in [9.17, 15) is 0 Å². The van der Waals surface area contributed by atoms with Crippen molar-refractivity contribution in [1.29, 1.82) is 0 Å². The summed E-state index contributed by atoms with van der Waals surface area (Å²) in [5.41, 5.74) is 1.33. The van der Waals surface area contributed by atoms with E-state index in [2.05, 4.69) is 45.1 Å². The van der Waals surface area contributed by atoms with Gasteiger partial charge in [-0.15, -0.1) is 0 Å². The molecule has 21 heavy (non-hydrogen) atoms. The maximum Gasteiger partial charge on any atom is 0.161 e. The van der Waals surface area contributed by atoms with Gasteiger partial charge in [-0.05, 0) is 44.9 Å². The number of methoxy groups -OCH3 is 1. The largest absolute Gasteiger partial charge is 0.493 e. The average Bonchev–Trinajstić information content (AvgIpc) is 2.44. The summed E-state index contributed by atoms with van der Waals surface area (Å²) in [5.74, 6) is 1.66. The predicted molar refractivity (Wildman–Crippen MR) is 89.2 cm³/mol. The summed E-state index contributed by atoms with van der Waals surface area (Å²) in [4.78, 5) is 0. The SMILES string of the molecule is CCCCCCOc1cc(CNC(C)(C)C)ccc1OC. The molecule has 0 unspecified atom stereocenters. The molecule has 0 aromatic heterocycles. The van der Waals surface area contributed by atoms with Gasteiger partial charge in [-0.1, -0.05) is 32.3 Å². The molecule has 0 spiro atoms. The summed E-state index contributed by atoms with van der Waals surface area (Å²) in [7, 11) is 1.69. The van der Waals surface area contributed by atoms with Crippen LogP contribution >= 0.6 is 0 Å². The van der Waals surface area contributed by atoms with Crippen LogP contribution in [0.15, 0.2) is 18.2 Å². The Morgan fingerprint density at radius 1 is 1.05 bits per heavy atom. The van der Waals surface area contributed by atoms with Gasteiger partial charge in [0.15, 0.2) is 11.5 Å². The molecule has 0 heterocycles. The van der Waals surface area contributed by atoms with Crippen LogP contribution in [-0.4, -0.2) is 19.3 Å². The summed E-state index contributed by atoms with van der Waals surface area (Å²) in [5, 5.41) is 3.49. The van der Waals surface area contributed by atoms with E-state index in [-0.39, 0.29) is 5.54 Å². The minimum atomic E-state index is 0.112. The van der Waals surface area contributed by atoms with Crippen molar-refractivity contribution in [3.63, 3.8) is 0 Å². The lowest BCUT2D eigenvalue weighted by Gasteiger charge is -2.21. The summed E-state index contributed by atoms with van der Waals surface area (Å²) < 4.78 is 11.3. The summed E-state index contributed by atoms with van der Waals surface area (Å²) in [6, 6.07) is 6.15. The Bertz CT molecular complexity index is 410. The van der Waals surface area contributed by atoms with E-state index in [0.29, 0.717) is 0 Å². The highest BCUT2D eigenvalue weighted by Crippen LogP contribution is 2.28. The Kier molecular flexibility index (Phi) is 7.58. The zero-order chi connectivity index (χ0) is 15.7. The van der Waals surface area contributed by atoms with E-state index in [0.717, 1.165) is 31.1 Å². The van der Waals surface area contributed by atoms with Crippen molar-refractivity contribution < 1.29 is 9.47 Å². The molecule has 0 aliphatic carbocycles. The third kappa shape index (κ3) is 7.37. The number of benzene rings is 1. The van der Waals surface area contributed by atoms with E-state index >= 15 is 0 Å². The van der Waals surface area contributed by atoms with Crippen molar-refractivity contribution in [2.24, 2.45) is 0 Å². The molecule has 0 amide bonds. The Morgan fingerprint density at radius 2 is 1.81 bits per heavy atom. The highest BCUT2D eigenvalue weighted by molar-refractivity contribution is 5.43. The second-order valence-corrected chi connectivity index (χ2v) is 6.50. The minimum absolute atomic E-state index is 0.112. The second-order valence-electron chi connectivity index (χ2n) is 6.50. The third-order valence-corrected chi connectivity index (χ3v) is 3.31. The molecule has 0 aliphatic rings. The standard InChI is InChI=1S/C18H31NO2/c1-6-7-8-9-12-21-17-13-15(10-11-16(17)20-5)14-19-18(2,3)4/h10-11,13,19H,6-9,12,14H2,1-5H3. The monoisotopic (exact) mass is 293 g/mol. The molecule has 0 fully saturated rings. The van der Waals surface area contributed by atoms with Gasteiger partial charge < -0.3 is 14.8 Å². The first-order valence-corrected chi connectivity index (χ1v) is 8.01. The molecule has 1 rings (SSSR count). The number of rotatable bonds is 9. The van der Waals surface area contributed by atoms with Gasteiger partial charge >= 0.3 is 0 Å². The van der Waals surface area contributed by atoms with Crippen molar-refractivity contribution >= 4 is 0 Å². The number of hydrogen-bond acceptors (Lipinski definition) is 3. The van der Waals surface area contributed by atoms with Crippen molar-refractivity contribution in [3.8, 4) is 11.5 Å². The molecule has 1 aromatic rings. The van der Waals surface area contributed by atoms with Crippen LogP contribution in [-0.2, 0) is 6.54 Å². The van der Waals surface area contributed by atoms with Gasteiger partial charge in [0, 0.05) is 12.1 Å². The number of nitrogens with one attached hydrogen (secondary N) is 1. The molecular formula is C18H31NO2. The van der Waals surface area contributed by atoms with Crippen molar-refractivity contribution in [2.45, 2.75) is 65.5 Å². The lowest BCUT2D eigenvalue weighted by molar-refractivity contribution is 0.284. The van der Waals surface area contributed by atoms with Crippen molar-refractivity contribution in [1.82, 2.24) is 5.32 Å². The fraction of sp³-hybridized carbons (Fsp3) is 0.667. The summed E-state index contributed by atoms with van der Waals surface area (Å²) in [6.07, 6.45) is 4.85. The fourth-order valence-electron chi connectivity index (χ4n) is 2.02. The second kappa shape index (κ2) is 8.93. The highest BCUT2D eigenvalue weighted by Gasteiger charge is 2.10. The lowest BCUT2D eigenvalue weighted by atomic mass is 10.1. The molecule has 3 nitrogen and oxygen atoms in total. The molecule has 120 valence electrons. The first-order chi connectivity index (χ1) is 9.96. The van der Waals surface area contributed by atoms with E-state index < -0.39 is 0 Å². The zero-order valence-corrected chi connectivity index (χ0v) is 14.3. The fourth-order valence-corrected chi connectivity index (χ4v) is 2.02. The van der Waals surface area contributed by atoms with Crippen LogP contribution in [0.3, 0.4) is 0 Å². The first-order valence-electron chi connectivity index (χ1n) is 8.01. The number of ether oxygens (including phenoxy) is 2. The lowest BCUT2D eigenvalue weighted by Crippen LogP contribution is -2.35. The Labute approximate surface area is 130 Å². The van der Waals surface area contributed by atoms with Crippen LogP contribution in [0.1, 0.15) is 58.9 Å². The Balaban J connectivity index is 2.58. The van der Waals surface area contributed by atoms with Crippen LogP contribution < -0.4 is 14.8 Å². The van der Waals surface area contributed by atoms with Crippen LogP contribution in [0.4, 0.5) is 0 Å². The number of hydrogen-bond donors (Lipinski definition) is 1. The van der Waals surface area contributed by atoms with Gasteiger partial charge in [0.1, 0.15) is 0 Å². The quantitative estimate of drug-likeness (QED) is 0.678. The van der Waals surface area contributed by atoms with E-state index in [1.165, 1.54) is 24.8 Å². The smallest absolute Gasteiger partial charge is 0.161 e. The van der Waals surface area contributed by atoms with Gasteiger partial charge in [-0.3, -0.25) is 0 Å². The maximum absolute atomic E-state index is 5.89. The molecular weight excluding hydrogens is 262 g/mol. The van der Waals surface area contributed by atoms with Crippen LogP contribution in [0.25, 0.3) is 0 Å². The average molecular weight is 293 g/mol. The van der Waals surface area contributed by atoms with Gasteiger partial charge in [-0.2, -0.15) is 0 Å². The van der Waals surface area contributed by atoms with E-state index in [4.69, 9.17) is 9.47 Å². The molecule has 0 aliphatic heterocycles. The van der Waals surface area contributed by atoms with Gasteiger partial charge in [0.25, 0.3) is 0 Å². The molecule has 0 saturated carbocycles. The molecule has 1 aromatic carbocycles. The minimum Gasteiger partial charge on any atom is -0.493 e. The molecule has 3 heteroatoms. The number of unbranched alkanes of at least 4 members (excludes halogenated alkanes) is 3. The summed E-state index contributed by atoms with van der Waals surface area (Å²) in [6.45, 7) is 10.3. The Morgan fingerprint density at radius 3 is 2.43 bits per heavy atom. The molecule has 0 saturated heterocycles. The predicted octanol–water partition coefficient (Wildman–Crippen LogP) is 4.54. The van der Waals surface area contributed by atoms with Crippen LogP contribution in [0, 0.1) is 0 Å². The normalized spacial score (nSPS) is 11.5. The van der Waals surface area contributed by atoms with Crippen molar-refractivity contribution in [3.05, 3.63) is 23.8 Å². The third-order valence-electron chi connectivity index (χ3n) is 3.31. The van der Waals surface area contributed by atoms with Gasteiger partial charge in [-0.25, -0.2) is 0 Å². The maximum atomic E-state index is 5.89. The molecule has 0 bridgehead atoms. The molecule has 0 radical (unpaired) electrons. The topological polar surface area (TPSA) is 30.5 Å². The zero-order valence-electron chi connectivity index (χ0n) is 14.3. The highest BCUT2D eigenvalue weighted by atomic mass is 16.5. The molecule has 1 N–H and O–H groups in total. The van der Waals surface area contributed by atoms with Gasteiger partial charge in [0.05, 0.1) is 13.7 Å².